The fourth-order valence-electron chi connectivity index (χ4n) is 1.86. The molecule has 0 saturated carbocycles. The molecule has 3 aromatic rings. The largest absolute Gasteiger partial charge is 0.399 e. The number of carbonyl (C=O) groups excluding carboxylic acids is 1. The van der Waals surface area contributed by atoms with Gasteiger partial charge in [-0.2, -0.15) is 0 Å². The Labute approximate surface area is 119 Å². The number of para-hydroxylation sites is 1. The van der Waals surface area contributed by atoms with Gasteiger partial charge in [0.15, 0.2) is 5.13 Å². The Morgan fingerprint density at radius 3 is 2.75 bits per heavy atom. The number of aromatic nitrogens is 1. The van der Waals surface area contributed by atoms with Gasteiger partial charge in [-0.3, -0.25) is 10.1 Å². The van der Waals surface area contributed by atoms with Crippen LogP contribution in [0, 0.1) is 0 Å². The number of anilines is 3. The molecule has 100 valence electrons. The van der Waals surface area contributed by atoms with Crippen LogP contribution in [0.3, 0.4) is 0 Å². The standard InChI is InChI=1S/C14H12N4OS/c15-8-5-6-11-12(7-8)20-14(17-11)18-13(19)9-3-1-2-4-10(9)16/h1-7H,15-16H2,(H,17,18,19). The first kappa shape index (κ1) is 12.4. The highest BCUT2D eigenvalue weighted by Crippen LogP contribution is 2.28. The van der Waals surface area contributed by atoms with Gasteiger partial charge in [0, 0.05) is 11.4 Å². The van der Waals surface area contributed by atoms with Crippen molar-refractivity contribution in [1.82, 2.24) is 4.98 Å². The fraction of sp³-hybridized carbons (Fsp3) is 0. The molecule has 6 heteroatoms. The summed E-state index contributed by atoms with van der Waals surface area (Å²) < 4.78 is 0.932. The molecule has 3 rings (SSSR count). The lowest BCUT2D eigenvalue weighted by atomic mass is 10.2. The number of hydrogen-bond acceptors (Lipinski definition) is 5. The third-order valence-electron chi connectivity index (χ3n) is 2.84. The van der Waals surface area contributed by atoms with Gasteiger partial charge in [-0.1, -0.05) is 23.5 Å². The molecule has 0 radical (unpaired) electrons. The monoisotopic (exact) mass is 284 g/mol. The second kappa shape index (κ2) is 4.82. The van der Waals surface area contributed by atoms with E-state index in [0.717, 1.165) is 10.2 Å². The minimum Gasteiger partial charge on any atom is -0.399 e. The molecule has 1 amide bonds. The second-order valence-electron chi connectivity index (χ2n) is 4.29. The van der Waals surface area contributed by atoms with Crippen molar-refractivity contribution in [3.63, 3.8) is 0 Å². The smallest absolute Gasteiger partial charge is 0.259 e. The fourth-order valence-corrected chi connectivity index (χ4v) is 2.77. The highest BCUT2D eigenvalue weighted by Gasteiger charge is 2.12. The van der Waals surface area contributed by atoms with Gasteiger partial charge in [0.1, 0.15) is 0 Å². The van der Waals surface area contributed by atoms with Crippen LogP contribution in [0.25, 0.3) is 10.2 Å². The van der Waals surface area contributed by atoms with Crippen LogP contribution >= 0.6 is 11.3 Å². The lowest BCUT2D eigenvalue weighted by Gasteiger charge is -2.04. The topological polar surface area (TPSA) is 94.0 Å². The lowest BCUT2D eigenvalue weighted by molar-refractivity contribution is 0.102. The van der Waals surface area contributed by atoms with Gasteiger partial charge in [-0.05, 0) is 30.3 Å². The van der Waals surface area contributed by atoms with Crippen LogP contribution in [0.2, 0.25) is 0 Å². The van der Waals surface area contributed by atoms with Crippen LogP contribution in [0.5, 0.6) is 0 Å². The van der Waals surface area contributed by atoms with Crippen LogP contribution in [0.15, 0.2) is 42.5 Å². The van der Waals surface area contributed by atoms with Crippen LogP contribution in [0.1, 0.15) is 10.4 Å². The molecule has 0 aliphatic carbocycles. The predicted octanol–water partition coefficient (Wildman–Crippen LogP) is 2.71. The molecule has 20 heavy (non-hydrogen) atoms. The summed E-state index contributed by atoms with van der Waals surface area (Å²) in [5, 5.41) is 3.28. The lowest BCUT2D eigenvalue weighted by Crippen LogP contribution is -2.13. The van der Waals surface area contributed by atoms with Crippen LogP contribution < -0.4 is 16.8 Å². The summed E-state index contributed by atoms with van der Waals surface area (Å²) in [4.78, 5) is 16.5. The molecule has 2 aromatic carbocycles. The average Bonchev–Trinajstić information content (AvgIpc) is 2.80. The Bertz CT molecular complexity index is 797. The van der Waals surface area contributed by atoms with Crippen molar-refractivity contribution in [2.75, 3.05) is 16.8 Å². The highest BCUT2D eigenvalue weighted by molar-refractivity contribution is 7.22. The van der Waals surface area contributed by atoms with Gasteiger partial charge in [0.25, 0.3) is 5.91 Å². The van der Waals surface area contributed by atoms with Crippen LogP contribution in [0.4, 0.5) is 16.5 Å². The summed E-state index contributed by atoms with van der Waals surface area (Å²) in [6.07, 6.45) is 0. The Hall–Kier alpha value is -2.60. The first-order chi connectivity index (χ1) is 9.63. The van der Waals surface area contributed by atoms with Gasteiger partial charge in [0.2, 0.25) is 0 Å². The van der Waals surface area contributed by atoms with Crippen LogP contribution in [-0.4, -0.2) is 10.9 Å². The van der Waals surface area contributed by atoms with Gasteiger partial charge in [0.05, 0.1) is 15.8 Å². The summed E-state index contributed by atoms with van der Waals surface area (Å²) in [6, 6.07) is 12.4. The van der Waals surface area contributed by atoms with Crippen molar-refractivity contribution in [2.45, 2.75) is 0 Å². The third kappa shape index (κ3) is 2.28. The van der Waals surface area contributed by atoms with Gasteiger partial charge in [-0.25, -0.2) is 4.98 Å². The Morgan fingerprint density at radius 2 is 1.95 bits per heavy atom. The van der Waals surface area contributed by atoms with E-state index in [1.165, 1.54) is 11.3 Å². The minimum atomic E-state index is -0.268. The molecular weight excluding hydrogens is 272 g/mol. The molecule has 1 aromatic heterocycles. The van der Waals surface area contributed by atoms with Crippen LogP contribution in [-0.2, 0) is 0 Å². The summed E-state index contributed by atoms with van der Waals surface area (Å²) in [7, 11) is 0. The van der Waals surface area contributed by atoms with E-state index in [2.05, 4.69) is 10.3 Å². The van der Waals surface area contributed by atoms with Gasteiger partial charge >= 0.3 is 0 Å². The van der Waals surface area contributed by atoms with E-state index in [0.29, 0.717) is 22.1 Å². The summed E-state index contributed by atoms with van der Waals surface area (Å²) in [6.45, 7) is 0. The van der Waals surface area contributed by atoms with E-state index in [1.54, 1.807) is 30.3 Å². The molecular formula is C14H12N4OS. The molecule has 5 nitrogen and oxygen atoms in total. The number of nitrogen functional groups attached to an aromatic ring is 2. The first-order valence-electron chi connectivity index (χ1n) is 5.95. The number of hydrogen-bond donors (Lipinski definition) is 3. The number of nitrogens with two attached hydrogens (primary N) is 2. The van der Waals surface area contributed by atoms with E-state index >= 15 is 0 Å². The Kier molecular flexibility index (Phi) is 3.00. The summed E-state index contributed by atoms with van der Waals surface area (Å²) in [5.74, 6) is -0.268. The number of nitrogens with zero attached hydrogens (tertiary/aromatic N) is 1. The van der Waals surface area contributed by atoms with Crippen molar-refractivity contribution in [3.05, 3.63) is 48.0 Å². The zero-order valence-electron chi connectivity index (χ0n) is 10.5. The normalized spacial score (nSPS) is 10.6. The first-order valence-corrected chi connectivity index (χ1v) is 6.77. The molecule has 0 fully saturated rings. The number of rotatable bonds is 2. The number of nitrogens with one attached hydrogen (secondary N) is 1. The molecule has 1 heterocycles. The summed E-state index contributed by atoms with van der Waals surface area (Å²) in [5.41, 5.74) is 13.9. The van der Waals surface area contributed by atoms with E-state index in [9.17, 15) is 4.79 Å². The van der Waals surface area contributed by atoms with E-state index < -0.39 is 0 Å². The Morgan fingerprint density at radius 1 is 1.15 bits per heavy atom. The van der Waals surface area contributed by atoms with Crippen molar-refractivity contribution in [1.29, 1.82) is 0 Å². The molecule has 0 atom stereocenters. The number of benzene rings is 2. The second-order valence-corrected chi connectivity index (χ2v) is 5.32. The maximum absolute atomic E-state index is 12.1. The van der Waals surface area contributed by atoms with Crippen molar-refractivity contribution < 1.29 is 4.79 Å². The highest BCUT2D eigenvalue weighted by atomic mass is 32.1. The molecule has 0 bridgehead atoms. The molecule has 0 saturated heterocycles. The predicted molar refractivity (Wildman–Crippen MR) is 82.8 cm³/mol. The maximum atomic E-state index is 12.1. The molecule has 0 unspecified atom stereocenters. The average molecular weight is 284 g/mol. The number of amides is 1. The molecule has 0 spiro atoms. The van der Waals surface area contributed by atoms with Crippen molar-refractivity contribution >= 4 is 44.0 Å². The number of carbonyl (C=O) groups is 1. The number of thiazole rings is 1. The van der Waals surface area contributed by atoms with Gasteiger partial charge < -0.3 is 11.5 Å². The van der Waals surface area contributed by atoms with E-state index in [-0.39, 0.29) is 5.91 Å². The van der Waals surface area contributed by atoms with Crippen molar-refractivity contribution in [2.24, 2.45) is 0 Å². The zero-order chi connectivity index (χ0) is 14.1. The van der Waals surface area contributed by atoms with Gasteiger partial charge in [-0.15, -0.1) is 0 Å². The zero-order valence-corrected chi connectivity index (χ0v) is 11.3. The quantitative estimate of drug-likeness (QED) is 0.631. The van der Waals surface area contributed by atoms with Crippen molar-refractivity contribution in [3.8, 4) is 0 Å². The Balaban J connectivity index is 1.89. The minimum absolute atomic E-state index is 0.268. The summed E-state index contributed by atoms with van der Waals surface area (Å²) >= 11 is 1.38. The molecule has 0 aliphatic rings. The van der Waals surface area contributed by atoms with E-state index in [1.807, 2.05) is 12.1 Å². The molecule has 5 N–H and O–H groups in total. The number of fused-ring (bicyclic) bond motifs is 1. The molecule has 0 aliphatic heterocycles. The third-order valence-corrected chi connectivity index (χ3v) is 3.77. The van der Waals surface area contributed by atoms with E-state index in [4.69, 9.17) is 11.5 Å². The SMILES string of the molecule is Nc1ccc2nc(NC(=O)c3ccccc3N)sc2c1. The maximum Gasteiger partial charge on any atom is 0.259 e.